The molecular weight excluding hydrogens is 222 g/mol. The lowest BCUT2D eigenvalue weighted by Crippen LogP contribution is -2.34. The van der Waals surface area contributed by atoms with Crippen molar-refractivity contribution in [3.63, 3.8) is 0 Å². The van der Waals surface area contributed by atoms with Crippen molar-refractivity contribution in [1.29, 1.82) is 0 Å². The third-order valence-electron chi connectivity index (χ3n) is 4.03. The number of carbonyl (C=O) groups is 1. The van der Waals surface area contributed by atoms with E-state index in [1.165, 1.54) is 11.1 Å². The van der Waals surface area contributed by atoms with Crippen LogP contribution in [0.5, 0.6) is 0 Å². The zero-order valence-corrected chi connectivity index (χ0v) is 9.97. The van der Waals surface area contributed by atoms with Gasteiger partial charge in [0.1, 0.15) is 0 Å². The highest BCUT2D eigenvalue weighted by atomic mass is 16.2. The van der Waals surface area contributed by atoms with Crippen molar-refractivity contribution >= 4 is 5.91 Å². The van der Waals surface area contributed by atoms with E-state index in [0.717, 1.165) is 24.1 Å². The van der Waals surface area contributed by atoms with E-state index in [1.54, 1.807) is 0 Å². The lowest BCUT2D eigenvalue weighted by atomic mass is 9.90. The van der Waals surface area contributed by atoms with Gasteiger partial charge in [0.2, 0.25) is 0 Å². The number of rotatable bonds is 0. The normalized spacial score (nSPS) is 20.3. The molecule has 0 N–H and O–H groups in total. The predicted molar refractivity (Wildman–Crippen MR) is 69.5 cm³/mol. The minimum Gasteiger partial charge on any atom is -0.327 e. The molecule has 1 amide bonds. The second kappa shape index (κ2) is 3.45. The van der Waals surface area contributed by atoms with Gasteiger partial charge in [-0.15, -0.1) is 0 Å². The van der Waals surface area contributed by atoms with E-state index in [2.05, 4.69) is 30.3 Å². The van der Waals surface area contributed by atoms with Crippen LogP contribution in [0, 0.1) is 0 Å². The summed E-state index contributed by atoms with van der Waals surface area (Å²) in [6.07, 6.45) is 0.965. The van der Waals surface area contributed by atoms with Gasteiger partial charge in [-0.2, -0.15) is 0 Å². The zero-order valence-electron chi connectivity index (χ0n) is 9.97. The van der Waals surface area contributed by atoms with Crippen LogP contribution in [0.3, 0.4) is 0 Å². The molecule has 0 aromatic heterocycles. The van der Waals surface area contributed by atoms with Crippen molar-refractivity contribution < 1.29 is 4.79 Å². The van der Waals surface area contributed by atoms with E-state index in [4.69, 9.17) is 0 Å². The Kier molecular flexibility index (Phi) is 1.90. The number of hydrogen-bond donors (Lipinski definition) is 0. The molecule has 2 nitrogen and oxygen atoms in total. The SMILES string of the molecule is O=C1c2ccccc2[C@@H]2c3ccccc3CCN12. The van der Waals surface area contributed by atoms with Crippen LogP contribution < -0.4 is 0 Å². The Balaban J connectivity index is 1.97. The van der Waals surface area contributed by atoms with Gasteiger partial charge in [0, 0.05) is 12.1 Å². The first-order valence-corrected chi connectivity index (χ1v) is 6.34. The Hall–Kier alpha value is -2.09. The van der Waals surface area contributed by atoms with Crippen LogP contribution in [-0.4, -0.2) is 17.4 Å². The van der Waals surface area contributed by atoms with Crippen molar-refractivity contribution in [2.24, 2.45) is 0 Å². The average molecular weight is 235 g/mol. The Morgan fingerprint density at radius 2 is 1.67 bits per heavy atom. The van der Waals surface area contributed by atoms with E-state index in [-0.39, 0.29) is 11.9 Å². The van der Waals surface area contributed by atoms with E-state index in [1.807, 2.05) is 23.1 Å². The molecule has 2 heteroatoms. The summed E-state index contributed by atoms with van der Waals surface area (Å²) < 4.78 is 0. The summed E-state index contributed by atoms with van der Waals surface area (Å²) in [6.45, 7) is 0.829. The van der Waals surface area contributed by atoms with Crippen molar-refractivity contribution in [3.8, 4) is 0 Å². The number of benzene rings is 2. The first kappa shape index (κ1) is 9.89. The number of nitrogens with zero attached hydrogens (tertiary/aromatic N) is 1. The number of amides is 1. The molecule has 0 aliphatic carbocycles. The Morgan fingerprint density at radius 3 is 2.56 bits per heavy atom. The molecule has 88 valence electrons. The molecule has 4 rings (SSSR count). The van der Waals surface area contributed by atoms with Gasteiger partial charge in [-0.05, 0) is 29.2 Å². The van der Waals surface area contributed by atoms with Gasteiger partial charge >= 0.3 is 0 Å². The zero-order chi connectivity index (χ0) is 12.1. The summed E-state index contributed by atoms with van der Waals surface area (Å²) in [4.78, 5) is 14.4. The van der Waals surface area contributed by atoms with Gasteiger partial charge < -0.3 is 4.90 Å². The monoisotopic (exact) mass is 235 g/mol. The van der Waals surface area contributed by atoms with E-state index in [0.29, 0.717) is 0 Å². The standard InChI is InChI=1S/C16H13NO/c18-16-14-8-4-3-7-13(14)15-12-6-2-1-5-11(12)9-10-17(15)16/h1-8,15H,9-10H2/t15-/m0/s1. The third kappa shape index (κ3) is 1.15. The summed E-state index contributed by atoms with van der Waals surface area (Å²) in [5.41, 5.74) is 4.71. The molecule has 0 unspecified atom stereocenters. The van der Waals surface area contributed by atoms with Crippen molar-refractivity contribution in [2.75, 3.05) is 6.54 Å². The number of fused-ring (bicyclic) bond motifs is 5. The molecule has 18 heavy (non-hydrogen) atoms. The molecule has 2 aromatic rings. The van der Waals surface area contributed by atoms with Gasteiger partial charge in [-0.3, -0.25) is 4.79 Å². The highest BCUT2D eigenvalue weighted by molar-refractivity contribution is 6.00. The van der Waals surface area contributed by atoms with Crippen LogP contribution >= 0.6 is 0 Å². The maximum atomic E-state index is 12.4. The molecule has 0 bridgehead atoms. The largest absolute Gasteiger partial charge is 0.327 e. The lowest BCUT2D eigenvalue weighted by Gasteiger charge is -2.32. The molecular formula is C16H13NO. The van der Waals surface area contributed by atoms with Gasteiger partial charge in [-0.1, -0.05) is 42.5 Å². The summed E-state index contributed by atoms with van der Waals surface area (Å²) in [6, 6.07) is 16.6. The fourth-order valence-electron chi connectivity index (χ4n) is 3.21. The van der Waals surface area contributed by atoms with Crippen LogP contribution in [0.4, 0.5) is 0 Å². The topological polar surface area (TPSA) is 20.3 Å². The van der Waals surface area contributed by atoms with Gasteiger partial charge in [0.25, 0.3) is 5.91 Å². The summed E-state index contributed by atoms with van der Waals surface area (Å²) in [5.74, 6) is 0.185. The van der Waals surface area contributed by atoms with E-state index in [9.17, 15) is 4.79 Å². The highest BCUT2D eigenvalue weighted by Crippen LogP contribution is 2.42. The van der Waals surface area contributed by atoms with Crippen molar-refractivity contribution in [3.05, 3.63) is 70.8 Å². The Morgan fingerprint density at radius 1 is 0.944 bits per heavy atom. The fraction of sp³-hybridized carbons (Fsp3) is 0.188. The molecule has 2 heterocycles. The number of hydrogen-bond acceptors (Lipinski definition) is 1. The quantitative estimate of drug-likeness (QED) is 0.687. The highest BCUT2D eigenvalue weighted by Gasteiger charge is 2.39. The first-order valence-electron chi connectivity index (χ1n) is 6.34. The van der Waals surface area contributed by atoms with Crippen LogP contribution in [0.1, 0.15) is 33.1 Å². The molecule has 2 aliphatic rings. The molecule has 2 aliphatic heterocycles. The van der Waals surface area contributed by atoms with Crippen molar-refractivity contribution in [2.45, 2.75) is 12.5 Å². The molecule has 1 atom stereocenters. The molecule has 0 fully saturated rings. The predicted octanol–water partition coefficient (Wildman–Crippen LogP) is 2.79. The van der Waals surface area contributed by atoms with Gasteiger partial charge in [-0.25, -0.2) is 0 Å². The Bertz CT molecular complexity index is 647. The minimum absolute atomic E-state index is 0.138. The molecule has 0 spiro atoms. The molecule has 0 saturated carbocycles. The van der Waals surface area contributed by atoms with E-state index < -0.39 is 0 Å². The second-order valence-electron chi connectivity index (χ2n) is 4.94. The molecule has 2 aromatic carbocycles. The van der Waals surface area contributed by atoms with Gasteiger partial charge in [0.15, 0.2) is 0 Å². The van der Waals surface area contributed by atoms with E-state index >= 15 is 0 Å². The smallest absolute Gasteiger partial charge is 0.255 e. The van der Waals surface area contributed by atoms with Crippen LogP contribution in [-0.2, 0) is 6.42 Å². The van der Waals surface area contributed by atoms with Crippen LogP contribution in [0.25, 0.3) is 0 Å². The molecule has 0 radical (unpaired) electrons. The lowest BCUT2D eigenvalue weighted by molar-refractivity contribution is 0.0740. The minimum atomic E-state index is 0.138. The maximum Gasteiger partial charge on any atom is 0.255 e. The summed E-state index contributed by atoms with van der Waals surface area (Å²) in [5, 5.41) is 0. The van der Waals surface area contributed by atoms with Gasteiger partial charge in [0.05, 0.1) is 6.04 Å². The summed E-state index contributed by atoms with van der Waals surface area (Å²) >= 11 is 0. The molecule has 0 saturated heterocycles. The average Bonchev–Trinajstić information content (AvgIpc) is 2.73. The second-order valence-corrected chi connectivity index (χ2v) is 4.94. The van der Waals surface area contributed by atoms with Crippen molar-refractivity contribution in [1.82, 2.24) is 4.90 Å². The Labute approximate surface area is 106 Å². The maximum absolute atomic E-state index is 12.4. The third-order valence-corrected chi connectivity index (χ3v) is 4.03. The van der Waals surface area contributed by atoms with Crippen LogP contribution in [0.15, 0.2) is 48.5 Å². The fourth-order valence-corrected chi connectivity index (χ4v) is 3.21. The van der Waals surface area contributed by atoms with Crippen LogP contribution in [0.2, 0.25) is 0 Å². The first-order chi connectivity index (χ1) is 8.86. The number of carbonyl (C=O) groups excluding carboxylic acids is 1. The summed E-state index contributed by atoms with van der Waals surface area (Å²) in [7, 11) is 0.